The molecule has 61 heavy (non-hydrogen) atoms. The van der Waals surface area contributed by atoms with Gasteiger partial charge in [-0.15, -0.1) is 0 Å². The van der Waals surface area contributed by atoms with E-state index in [0.717, 1.165) is 48.6 Å². The van der Waals surface area contributed by atoms with E-state index in [0.29, 0.717) is 12.1 Å². The minimum Gasteiger partial charge on any atom is -0.869 e. The summed E-state index contributed by atoms with van der Waals surface area (Å²) in [7, 11) is -20.9. The van der Waals surface area contributed by atoms with Crippen LogP contribution in [-0.2, 0) is 60.0 Å². The first-order chi connectivity index (χ1) is 26.1. The Hall–Kier alpha value is -1.50. The second kappa shape index (κ2) is 22.6. The fourth-order valence-electron chi connectivity index (χ4n) is 5.19. The van der Waals surface area contributed by atoms with Crippen molar-refractivity contribution in [3.63, 3.8) is 0 Å². The van der Waals surface area contributed by atoms with E-state index >= 15 is 0 Å². The average molecular weight is 994 g/mol. The van der Waals surface area contributed by atoms with Crippen LogP contribution in [0, 0.1) is 0 Å². The molecule has 0 amide bonds. The molecule has 0 saturated heterocycles. The fraction of sp³-hybridized carbons (Fsp3) is 0. The van der Waals surface area contributed by atoms with Crippen LogP contribution >= 0.6 is 0 Å². The Morgan fingerprint density at radius 1 is 0.459 bits per heavy atom. The van der Waals surface area contributed by atoms with Gasteiger partial charge in [-0.2, -0.15) is 20.5 Å². The van der Waals surface area contributed by atoms with Gasteiger partial charge in [0.25, 0.3) is 0 Å². The van der Waals surface area contributed by atoms with Crippen LogP contribution in [0.15, 0.2) is 125 Å². The van der Waals surface area contributed by atoms with Gasteiger partial charge in [-0.25, -0.2) is 33.7 Å². The zero-order chi connectivity index (χ0) is 40.8. The van der Waals surface area contributed by atoms with Gasteiger partial charge >= 0.3 is 138 Å². The van der Waals surface area contributed by atoms with Crippen molar-refractivity contribution in [2.45, 2.75) is 19.6 Å². The Morgan fingerprint density at radius 2 is 0.787 bits per heavy atom. The molecule has 29 heteroatoms. The number of rotatable bonds is 10. The Morgan fingerprint density at radius 3 is 1.10 bits per heavy atom. The molecule has 288 valence electrons. The molecule has 0 aliphatic heterocycles. The smallest absolute Gasteiger partial charge is 0.869 e. The van der Waals surface area contributed by atoms with E-state index in [9.17, 15) is 62.1 Å². The van der Waals surface area contributed by atoms with Gasteiger partial charge in [0, 0.05) is 23.2 Å². The largest absolute Gasteiger partial charge is 2.00 e. The van der Waals surface area contributed by atoms with Crippen LogP contribution in [0.2, 0.25) is 0 Å². The fourth-order valence-corrected chi connectivity index (χ4v) is 7.95. The number of nitrogens with zero attached hydrogens (tertiary/aromatic N) is 6. The molecule has 2 heterocycles. The average Bonchev–Trinajstić information content (AvgIpc) is 3.12. The minimum absolute atomic E-state index is 0. The van der Waals surface area contributed by atoms with Crippen LogP contribution in [0.5, 0.6) is 11.5 Å². The molecule has 20 nitrogen and oxygen atoms in total. The van der Waals surface area contributed by atoms with Gasteiger partial charge in [0.1, 0.15) is 40.5 Å². The first-order valence-corrected chi connectivity index (χ1v) is 20.6. The van der Waals surface area contributed by atoms with Gasteiger partial charge in [-0.1, -0.05) is 47.9 Å². The van der Waals surface area contributed by atoms with Gasteiger partial charge < -0.3 is 28.4 Å². The third-order valence-corrected chi connectivity index (χ3v) is 11.2. The first kappa shape index (κ1) is 57.5. The molecule has 0 aliphatic carbocycles. The molecule has 0 aliphatic rings. The van der Waals surface area contributed by atoms with E-state index in [1.165, 1.54) is 36.7 Å². The van der Waals surface area contributed by atoms with E-state index in [-0.39, 0.29) is 171 Å². The summed E-state index contributed by atoms with van der Waals surface area (Å²) in [5, 5.41) is 39.9. The first-order valence-electron chi connectivity index (χ1n) is 14.9. The van der Waals surface area contributed by atoms with E-state index < -0.39 is 94.0 Å². The summed E-state index contributed by atoms with van der Waals surface area (Å²) in [5.41, 5.74) is -3.50. The quantitative estimate of drug-likeness (QED) is 0.0532. The second-order valence-corrected chi connectivity index (χ2v) is 16.6. The van der Waals surface area contributed by atoms with Crippen molar-refractivity contribution in [1.29, 1.82) is 0 Å². The van der Waals surface area contributed by atoms with Crippen molar-refractivity contribution in [2.24, 2.45) is 20.5 Å². The van der Waals surface area contributed by atoms with Gasteiger partial charge in [0.2, 0.25) is 0 Å². The minimum atomic E-state index is -5.30. The number of pyridine rings is 2. The molecule has 6 rings (SSSR count). The standard InChI is InChI=1S/C32H22N6O14S4.4Na.Zn/c39-31-23(15-27(55(47,48)49)21-3-1-11-33-29(21)31)37-35-19-9-7-17(25(13-19)53(41,42)43)5-6-18-8-10-20(14-26(18)54(44,45)46)36-38-24-16-28(56(50,51)52)22-4-2-12-34-30(22)32(24)40;;;;;/h1-16,39-40H,(H,41,42,43)(H,44,45,46)(H,47,48,49)(H,50,51,52);;;;;/q;4*+1;+2/p-6/b6-5+,37-35?,38-36?;;;;;. The van der Waals surface area contributed by atoms with Crippen molar-refractivity contribution < 1.29 is 200 Å². The number of hydrogen-bond acceptors (Lipinski definition) is 20. The van der Waals surface area contributed by atoms with Gasteiger partial charge in [0.15, 0.2) is 0 Å². The Balaban J connectivity index is 0.00000372. The number of benzene rings is 4. The van der Waals surface area contributed by atoms with Crippen molar-refractivity contribution in [1.82, 2.24) is 9.97 Å². The van der Waals surface area contributed by atoms with Crippen LogP contribution in [-0.4, -0.2) is 61.9 Å². The molecule has 0 fully saturated rings. The molecule has 2 aromatic heterocycles. The molecule has 0 spiro atoms. The number of azo groups is 2. The predicted octanol–water partition coefficient (Wildman–Crippen LogP) is -8.44. The van der Waals surface area contributed by atoms with E-state index in [1.54, 1.807) is 0 Å². The van der Waals surface area contributed by atoms with Crippen molar-refractivity contribution in [2.75, 3.05) is 0 Å². The van der Waals surface area contributed by atoms with E-state index in [1.807, 2.05) is 0 Å². The van der Waals surface area contributed by atoms with Crippen molar-refractivity contribution in [3.05, 3.63) is 96.3 Å². The topological polar surface area (TPSA) is 350 Å². The van der Waals surface area contributed by atoms with Gasteiger partial charge in [-0.05, 0) is 59.7 Å². The molecule has 0 saturated carbocycles. The van der Waals surface area contributed by atoms with Crippen molar-refractivity contribution >= 4 is 97.2 Å². The van der Waals surface area contributed by atoms with Crippen LogP contribution < -0.4 is 128 Å². The SMILES string of the molecule is O=S(=O)([O-])c1cc(N=Nc2cc(S(=O)(=O)[O-])c3cccnc3c2[O-])ccc1/C=C/c1ccc(N=Nc2cc(S(=O)(=O)[O-])c3cccnc3c2[O-])cc1S(=O)(=O)[O-].[Na+].[Na+].[Na+].[Na+].[Zn+2]. The number of aromatic nitrogens is 2. The molecule has 6 aromatic rings. The predicted molar refractivity (Wildman–Crippen MR) is 184 cm³/mol. The maximum atomic E-state index is 12.9. The maximum Gasteiger partial charge on any atom is 2.00 e. The third-order valence-electron chi connectivity index (χ3n) is 7.64. The molecule has 0 atom stereocenters. The molecule has 0 unspecified atom stereocenters. The maximum absolute atomic E-state index is 12.9. The zero-order valence-electron chi connectivity index (χ0n) is 32.0. The number of fused-ring (bicyclic) bond motifs is 2. The summed E-state index contributed by atoms with van der Waals surface area (Å²) in [6.45, 7) is 0. The second-order valence-electron chi connectivity index (χ2n) is 11.2. The molecular weight excluding hydrogens is 978 g/mol. The normalized spacial score (nSPS) is 12.1. The van der Waals surface area contributed by atoms with Gasteiger partial charge in [-0.3, -0.25) is 9.97 Å². The zero-order valence-corrected chi connectivity index (χ0v) is 46.2. The summed E-state index contributed by atoms with van der Waals surface area (Å²) >= 11 is 0. The summed E-state index contributed by atoms with van der Waals surface area (Å²) < 4.78 is 144. The Labute approximate surface area is 448 Å². The molecular formula is C32H16N6Na4O14S4Zn. The van der Waals surface area contributed by atoms with Crippen LogP contribution in [0.1, 0.15) is 11.1 Å². The molecule has 0 N–H and O–H groups in total. The summed E-state index contributed by atoms with van der Waals surface area (Å²) in [4.78, 5) is 4.09. The van der Waals surface area contributed by atoms with Crippen LogP contribution in [0.3, 0.4) is 0 Å². The third kappa shape index (κ3) is 13.5. The summed E-state index contributed by atoms with van der Waals surface area (Å²) in [5.74, 6) is -1.84. The van der Waals surface area contributed by atoms with E-state index in [4.69, 9.17) is 0 Å². The van der Waals surface area contributed by atoms with Crippen molar-refractivity contribution in [3.8, 4) is 11.5 Å². The number of hydrogen-bond donors (Lipinski definition) is 0. The monoisotopic (exact) mass is 992 g/mol. The molecule has 0 radical (unpaired) electrons. The van der Waals surface area contributed by atoms with Gasteiger partial charge in [0.05, 0.1) is 53.4 Å². The van der Waals surface area contributed by atoms with Crippen LogP contribution in [0.4, 0.5) is 22.7 Å². The van der Waals surface area contributed by atoms with E-state index in [2.05, 4.69) is 30.4 Å². The molecule has 0 bridgehead atoms. The summed E-state index contributed by atoms with van der Waals surface area (Å²) in [6.07, 6.45) is 4.25. The molecule has 4 aromatic carbocycles. The summed E-state index contributed by atoms with van der Waals surface area (Å²) in [6, 6.07) is 12.0. The Bertz CT molecular complexity index is 2990. The Kier molecular flexibility index (Phi) is 21.3. The van der Waals surface area contributed by atoms with Crippen LogP contribution in [0.25, 0.3) is 34.0 Å².